The molecule has 1 aromatic heterocycles. The second-order valence-corrected chi connectivity index (χ2v) is 5.35. The molecule has 7 heteroatoms. The van der Waals surface area contributed by atoms with Gasteiger partial charge in [0.25, 0.3) is 0 Å². The summed E-state index contributed by atoms with van der Waals surface area (Å²) in [6, 6.07) is 5.96. The molecule has 1 aliphatic rings. The molecule has 0 aliphatic carbocycles. The summed E-state index contributed by atoms with van der Waals surface area (Å²) in [6.07, 6.45) is 2.69. The molecule has 118 valence electrons. The molecule has 0 bridgehead atoms. The van der Waals surface area contributed by atoms with E-state index < -0.39 is 0 Å². The Balaban J connectivity index is 1.52. The van der Waals surface area contributed by atoms with E-state index in [9.17, 15) is 9.50 Å². The predicted molar refractivity (Wildman–Crippen MR) is 75.7 cm³/mol. The fourth-order valence-electron chi connectivity index (χ4n) is 2.40. The van der Waals surface area contributed by atoms with Crippen molar-refractivity contribution in [2.45, 2.75) is 38.2 Å². The van der Waals surface area contributed by atoms with Crippen LogP contribution in [0, 0.1) is 5.82 Å². The maximum Gasteiger partial charge on any atom is 0.134 e. The lowest BCUT2D eigenvalue weighted by atomic mass is 10.1. The van der Waals surface area contributed by atoms with E-state index in [2.05, 4.69) is 10.3 Å². The van der Waals surface area contributed by atoms with Gasteiger partial charge in [-0.15, -0.1) is 5.10 Å². The summed E-state index contributed by atoms with van der Waals surface area (Å²) in [4.78, 5) is 0. The van der Waals surface area contributed by atoms with Gasteiger partial charge in [-0.2, -0.15) is 0 Å². The van der Waals surface area contributed by atoms with Gasteiger partial charge in [-0.25, -0.2) is 9.07 Å². The van der Waals surface area contributed by atoms with Crippen molar-refractivity contribution in [3.05, 3.63) is 42.0 Å². The maximum absolute atomic E-state index is 13.0. The van der Waals surface area contributed by atoms with Gasteiger partial charge in [-0.05, 0) is 18.6 Å². The summed E-state index contributed by atoms with van der Waals surface area (Å²) in [5, 5.41) is 17.7. The maximum atomic E-state index is 13.0. The number of aromatic nitrogens is 3. The van der Waals surface area contributed by atoms with Crippen molar-refractivity contribution in [2.24, 2.45) is 0 Å². The molecule has 22 heavy (non-hydrogen) atoms. The second-order valence-electron chi connectivity index (χ2n) is 5.35. The fraction of sp³-hybridized carbons (Fsp3) is 0.467. The third-order valence-electron chi connectivity index (χ3n) is 3.50. The molecular weight excluding hydrogens is 289 g/mol. The molecule has 0 saturated carbocycles. The molecule has 2 aromatic rings. The number of aliphatic hydroxyl groups excluding tert-OH is 1. The minimum Gasteiger partial charge on any atom is -0.487 e. The van der Waals surface area contributed by atoms with Crippen LogP contribution in [0.4, 0.5) is 4.39 Å². The summed E-state index contributed by atoms with van der Waals surface area (Å²) < 4.78 is 25.8. The smallest absolute Gasteiger partial charge is 0.134 e. The van der Waals surface area contributed by atoms with Crippen molar-refractivity contribution >= 4 is 0 Å². The molecule has 2 atom stereocenters. The Morgan fingerprint density at radius 3 is 3.18 bits per heavy atom. The normalized spacial score (nSPS) is 21.7. The minimum atomic E-state index is -0.339. The Morgan fingerprint density at radius 1 is 1.45 bits per heavy atom. The molecule has 1 aromatic carbocycles. The second kappa shape index (κ2) is 6.85. The van der Waals surface area contributed by atoms with Crippen LogP contribution in [0.3, 0.4) is 0 Å². The third kappa shape index (κ3) is 4.02. The predicted octanol–water partition coefficient (Wildman–Crippen LogP) is 1.54. The summed E-state index contributed by atoms with van der Waals surface area (Å²) in [6.45, 7) is 1.33. The first-order valence-corrected chi connectivity index (χ1v) is 7.26. The number of rotatable bonds is 5. The van der Waals surface area contributed by atoms with E-state index in [0.717, 1.165) is 0 Å². The van der Waals surface area contributed by atoms with Crippen molar-refractivity contribution in [2.75, 3.05) is 6.61 Å². The molecule has 1 saturated heterocycles. The number of ether oxygens (including phenoxy) is 2. The van der Waals surface area contributed by atoms with Crippen molar-refractivity contribution in [1.29, 1.82) is 0 Å². The molecule has 1 N–H and O–H groups in total. The highest BCUT2D eigenvalue weighted by atomic mass is 19.1. The molecule has 0 spiro atoms. The van der Waals surface area contributed by atoms with E-state index in [1.54, 1.807) is 23.0 Å². The van der Waals surface area contributed by atoms with Crippen molar-refractivity contribution in [3.63, 3.8) is 0 Å². The number of nitrogens with zero attached hydrogens (tertiary/aromatic N) is 3. The zero-order valence-electron chi connectivity index (χ0n) is 12.1. The molecule has 0 radical (unpaired) electrons. The van der Waals surface area contributed by atoms with Gasteiger partial charge in [0.1, 0.15) is 23.9 Å². The molecule has 1 fully saturated rings. The topological polar surface area (TPSA) is 69.4 Å². The number of aliphatic hydroxyl groups is 1. The van der Waals surface area contributed by atoms with Crippen LogP contribution in [0.1, 0.15) is 18.5 Å². The van der Waals surface area contributed by atoms with Crippen LogP contribution in [0.15, 0.2) is 30.5 Å². The van der Waals surface area contributed by atoms with Crippen LogP contribution >= 0.6 is 0 Å². The zero-order chi connectivity index (χ0) is 15.4. The number of benzene rings is 1. The average molecular weight is 307 g/mol. The first kappa shape index (κ1) is 14.9. The molecular formula is C15H18FN3O3. The van der Waals surface area contributed by atoms with E-state index in [1.165, 1.54) is 12.1 Å². The monoisotopic (exact) mass is 307 g/mol. The molecule has 2 heterocycles. The first-order chi connectivity index (χ1) is 10.7. The summed E-state index contributed by atoms with van der Waals surface area (Å²) in [5.74, 6) is 0.113. The lowest BCUT2D eigenvalue weighted by molar-refractivity contribution is -0.0512. The summed E-state index contributed by atoms with van der Waals surface area (Å²) in [7, 11) is 0. The summed E-state index contributed by atoms with van der Waals surface area (Å²) >= 11 is 0. The molecule has 3 rings (SSSR count). The Morgan fingerprint density at radius 2 is 2.36 bits per heavy atom. The van der Waals surface area contributed by atoms with Crippen LogP contribution < -0.4 is 4.74 Å². The Bertz CT molecular complexity index is 620. The van der Waals surface area contributed by atoms with Crippen molar-refractivity contribution in [3.8, 4) is 5.75 Å². The van der Waals surface area contributed by atoms with Gasteiger partial charge in [0.05, 0.1) is 24.9 Å². The molecule has 2 unspecified atom stereocenters. The Labute approximate surface area is 127 Å². The van der Waals surface area contributed by atoms with Gasteiger partial charge in [0, 0.05) is 19.1 Å². The lowest BCUT2D eigenvalue weighted by Crippen LogP contribution is -2.32. The van der Waals surface area contributed by atoms with E-state index in [1.807, 2.05) is 0 Å². The van der Waals surface area contributed by atoms with E-state index in [0.29, 0.717) is 37.4 Å². The largest absolute Gasteiger partial charge is 0.487 e. The highest BCUT2D eigenvalue weighted by Gasteiger charge is 2.21. The van der Waals surface area contributed by atoms with Gasteiger partial charge < -0.3 is 14.6 Å². The number of hydrogen-bond donors (Lipinski definition) is 1. The third-order valence-corrected chi connectivity index (χ3v) is 3.50. The Hall–Kier alpha value is -1.99. The standard InChI is InChI=1S/C15H18FN3O3/c16-11-2-1-3-14(6-11)22-10-12-8-19(18-17-12)9-15-7-13(20)4-5-21-15/h1-3,6,8,13,15,20H,4-5,7,9-10H2. The van der Waals surface area contributed by atoms with E-state index >= 15 is 0 Å². The van der Waals surface area contributed by atoms with Gasteiger partial charge in [0.2, 0.25) is 0 Å². The number of hydrogen-bond acceptors (Lipinski definition) is 5. The number of halogens is 1. The van der Waals surface area contributed by atoms with Gasteiger partial charge >= 0.3 is 0 Å². The average Bonchev–Trinajstić information content (AvgIpc) is 2.93. The minimum absolute atomic E-state index is 0.0533. The first-order valence-electron chi connectivity index (χ1n) is 7.26. The SMILES string of the molecule is OC1CCOC(Cn2cc(COc3cccc(F)c3)nn2)C1. The van der Waals surface area contributed by atoms with Crippen molar-refractivity contribution in [1.82, 2.24) is 15.0 Å². The van der Waals surface area contributed by atoms with Gasteiger partial charge in [0.15, 0.2) is 0 Å². The van der Waals surface area contributed by atoms with E-state index in [-0.39, 0.29) is 24.6 Å². The van der Waals surface area contributed by atoms with Gasteiger partial charge in [-0.1, -0.05) is 11.3 Å². The Kier molecular flexibility index (Phi) is 4.65. The highest BCUT2D eigenvalue weighted by Crippen LogP contribution is 2.16. The van der Waals surface area contributed by atoms with E-state index in [4.69, 9.17) is 9.47 Å². The van der Waals surface area contributed by atoms with Crippen LogP contribution in [0.5, 0.6) is 5.75 Å². The fourth-order valence-corrected chi connectivity index (χ4v) is 2.40. The van der Waals surface area contributed by atoms with Crippen LogP contribution in [0.2, 0.25) is 0 Å². The van der Waals surface area contributed by atoms with Gasteiger partial charge in [-0.3, -0.25) is 0 Å². The quantitative estimate of drug-likeness (QED) is 0.907. The zero-order valence-corrected chi connectivity index (χ0v) is 12.1. The van der Waals surface area contributed by atoms with Crippen molar-refractivity contribution < 1.29 is 19.0 Å². The molecule has 1 aliphatic heterocycles. The van der Waals surface area contributed by atoms with Crippen LogP contribution in [0.25, 0.3) is 0 Å². The summed E-state index contributed by atoms with van der Waals surface area (Å²) in [5.41, 5.74) is 0.653. The lowest BCUT2D eigenvalue weighted by Gasteiger charge is -2.26. The highest BCUT2D eigenvalue weighted by molar-refractivity contribution is 5.22. The van der Waals surface area contributed by atoms with Crippen LogP contribution in [-0.2, 0) is 17.9 Å². The molecule has 0 amide bonds. The molecule has 6 nitrogen and oxygen atoms in total. The van der Waals surface area contributed by atoms with Crippen LogP contribution in [-0.4, -0.2) is 38.9 Å².